The lowest BCUT2D eigenvalue weighted by Crippen LogP contribution is -2.58. The van der Waals surface area contributed by atoms with Crippen LogP contribution in [0.4, 0.5) is 18.9 Å². The molecular weight excluding hydrogens is 411 g/mol. The Bertz CT molecular complexity index is 811. The molecule has 0 aromatic heterocycles. The Hall–Kier alpha value is -1.92. The van der Waals surface area contributed by atoms with Crippen molar-refractivity contribution in [2.24, 2.45) is 0 Å². The molecule has 4 rings (SSSR count). The third-order valence-electron chi connectivity index (χ3n) is 4.77. The Labute approximate surface area is 170 Å². The van der Waals surface area contributed by atoms with Gasteiger partial charge < -0.3 is 33.7 Å². The zero-order chi connectivity index (χ0) is 21.9. The molecule has 166 valence electrons. The fourth-order valence-electron chi connectivity index (χ4n) is 3.78. The molecule has 3 aliphatic rings. The van der Waals surface area contributed by atoms with Gasteiger partial charge in [-0.25, -0.2) is 0 Å². The van der Waals surface area contributed by atoms with Crippen LogP contribution in [0.2, 0.25) is 0 Å². The zero-order valence-electron chi connectivity index (χ0n) is 16.7. The van der Waals surface area contributed by atoms with Gasteiger partial charge in [0.2, 0.25) is 0 Å². The minimum absolute atomic E-state index is 0.263. The number of ether oxygens (including phenoxy) is 6. The topological polar surface area (TPSA) is 84.5 Å². The van der Waals surface area contributed by atoms with Crippen LogP contribution >= 0.6 is 0 Å². The second-order valence-corrected chi connectivity index (χ2v) is 8.15. The summed E-state index contributed by atoms with van der Waals surface area (Å²) in [5.41, 5.74) is 0.263. The lowest BCUT2D eigenvalue weighted by atomic mass is 9.98. The molecule has 1 amide bonds. The Morgan fingerprint density at radius 1 is 0.933 bits per heavy atom. The van der Waals surface area contributed by atoms with Crippen molar-refractivity contribution in [1.82, 2.24) is 0 Å². The van der Waals surface area contributed by atoms with E-state index in [2.05, 4.69) is 10.1 Å². The van der Waals surface area contributed by atoms with E-state index in [0.29, 0.717) is 0 Å². The fourth-order valence-corrected chi connectivity index (χ4v) is 3.78. The van der Waals surface area contributed by atoms with Crippen molar-refractivity contribution in [2.45, 2.75) is 76.3 Å². The number of halogens is 3. The van der Waals surface area contributed by atoms with Crippen LogP contribution in [0.5, 0.6) is 5.75 Å². The molecule has 1 aromatic rings. The number of carbonyl (C=O) groups excluding carboxylic acids is 1. The van der Waals surface area contributed by atoms with Crippen molar-refractivity contribution in [1.29, 1.82) is 0 Å². The fraction of sp³-hybridized carbons (Fsp3) is 0.632. The van der Waals surface area contributed by atoms with Crippen molar-refractivity contribution >= 4 is 11.6 Å². The van der Waals surface area contributed by atoms with Gasteiger partial charge in [0, 0.05) is 5.69 Å². The molecule has 3 aliphatic heterocycles. The van der Waals surface area contributed by atoms with Gasteiger partial charge in [-0.2, -0.15) is 0 Å². The first-order chi connectivity index (χ1) is 13.8. The predicted molar refractivity (Wildman–Crippen MR) is 94.3 cm³/mol. The van der Waals surface area contributed by atoms with Gasteiger partial charge in [-0.05, 0) is 52.0 Å². The maximum atomic E-state index is 12.9. The average Bonchev–Trinajstić information content (AvgIpc) is 3.08. The first-order valence-electron chi connectivity index (χ1n) is 9.35. The van der Waals surface area contributed by atoms with E-state index in [1.165, 1.54) is 12.1 Å². The SMILES string of the molecule is CC1(C)O[C@H]2OC(C(=O)Nc3ccc(OC(F)(F)F)cc3)[C@@H]3OC(C)(C)O[C@@H]3[C@H]2O1. The standard InChI is InChI=1S/C19H22F3NO7/c1-17(2)27-11-12(28-17)14-16(30-18(3,4)29-14)25-13(11)15(24)23-9-5-7-10(8-6-9)26-19(20,21)22/h5-8,11-14,16H,1-4H3,(H,23,24)/t11-,12+,13?,14-,16-/m1/s1. The number of hydrogen-bond donors (Lipinski definition) is 1. The highest BCUT2D eigenvalue weighted by Crippen LogP contribution is 2.44. The zero-order valence-corrected chi connectivity index (χ0v) is 16.7. The quantitative estimate of drug-likeness (QED) is 0.785. The minimum atomic E-state index is -4.80. The molecule has 1 N–H and O–H groups in total. The second-order valence-electron chi connectivity index (χ2n) is 8.15. The first-order valence-corrected chi connectivity index (χ1v) is 9.35. The minimum Gasteiger partial charge on any atom is -0.406 e. The second kappa shape index (κ2) is 7.06. The largest absolute Gasteiger partial charge is 0.573 e. The summed E-state index contributed by atoms with van der Waals surface area (Å²) in [6.45, 7) is 6.89. The molecule has 30 heavy (non-hydrogen) atoms. The molecule has 5 atom stereocenters. The molecule has 8 nitrogen and oxygen atoms in total. The molecule has 1 aromatic carbocycles. The highest BCUT2D eigenvalue weighted by atomic mass is 19.4. The van der Waals surface area contributed by atoms with E-state index in [1.54, 1.807) is 27.7 Å². The smallest absolute Gasteiger partial charge is 0.406 e. The molecular formula is C19H22F3NO7. The van der Waals surface area contributed by atoms with E-state index in [4.69, 9.17) is 23.7 Å². The maximum absolute atomic E-state index is 12.9. The summed E-state index contributed by atoms with van der Waals surface area (Å²) in [7, 11) is 0. The van der Waals surface area contributed by atoms with Gasteiger partial charge in [-0.15, -0.1) is 13.2 Å². The third-order valence-corrected chi connectivity index (χ3v) is 4.77. The molecule has 11 heteroatoms. The summed E-state index contributed by atoms with van der Waals surface area (Å²) >= 11 is 0. The van der Waals surface area contributed by atoms with Gasteiger partial charge >= 0.3 is 6.36 Å². The predicted octanol–water partition coefficient (Wildman–Crippen LogP) is 2.92. The number of amides is 1. The van der Waals surface area contributed by atoms with Gasteiger partial charge in [-0.1, -0.05) is 0 Å². The van der Waals surface area contributed by atoms with Crippen LogP contribution in [0.1, 0.15) is 27.7 Å². The van der Waals surface area contributed by atoms with Crippen LogP contribution in [0, 0.1) is 0 Å². The van der Waals surface area contributed by atoms with Crippen molar-refractivity contribution < 1.29 is 46.4 Å². The summed E-state index contributed by atoms with van der Waals surface area (Å²) < 4.78 is 70.0. The Kier molecular flexibility index (Phi) is 5.02. The number of rotatable bonds is 3. The van der Waals surface area contributed by atoms with Gasteiger partial charge in [0.15, 0.2) is 24.0 Å². The Morgan fingerprint density at radius 2 is 1.50 bits per heavy atom. The van der Waals surface area contributed by atoms with E-state index >= 15 is 0 Å². The van der Waals surface area contributed by atoms with Crippen LogP contribution in [0.15, 0.2) is 24.3 Å². The van der Waals surface area contributed by atoms with Gasteiger partial charge in [0.05, 0.1) is 0 Å². The van der Waals surface area contributed by atoms with Gasteiger partial charge in [0.1, 0.15) is 24.1 Å². The molecule has 3 heterocycles. The van der Waals surface area contributed by atoms with Crippen molar-refractivity contribution in [2.75, 3.05) is 5.32 Å². The number of hydrogen-bond acceptors (Lipinski definition) is 7. The number of fused-ring (bicyclic) bond motifs is 3. The summed E-state index contributed by atoms with van der Waals surface area (Å²) in [6.07, 6.45) is -8.64. The monoisotopic (exact) mass is 433 g/mol. The highest BCUT2D eigenvalue weighted by Gasteiger charge is 2.62. The molecule has 0 radical (unpaired) electrons. The maximum Gasteiger partial charge on any atom is 0.573 e. The van der Waals surface area contributed by atoms with Crippen LogP contribution in [0.3, 0.4) is 0 Å². The van der Waals surface area contributed by atoms with E-state index in [0.717, 1.165) is 12.1 Å². The summed E-state index contributed by atoms with van der Waals surface area (Å²) in [5, 5.41) is 2.61. The van der Waals surface area contributed by atoms with Gasteiger partial charge in [-0.3, -0.25) is 4.79 Å². The molecule has 0 aliphatic carbocycles. The summed E-state index contributed by atoms with van der Waals surface area (Å²) in [5.74, 6) is -2.83. The van der Waals surface area contributed by atoms with E-state index < -0.39 is 60.3 Å². The van der Waals surface area contributed by atoms with E-state index in [9.17, 15) is 18.0 Å². The number of alkyl halides is 3. The number of anilines is 1. The third kappa shape index (κ3) is 4.40. The molecule has 1 unspecified atom stereocenters. The highest BCUT2D eigenvalue weighted by molar-refractivity contribution is 5.94. The van der Waals surface area contributed by atoms with Gasteiger partial charge in [0.25, 0.3) is 5.91 Å². The molecule has 0 saturated carbocycles. The summed E-state index contributed by atoms with van der Waals surface area (Å²) in [6, 6.07) is 4.77. The lowest BCUT2D eigenvalue weighted by molar-refractivity contribution is -0.274. The van der Waals surface area contributed by atoms with Crippen LogP contribution in [-0.2, 0) is 28.5 Å². The van der Waals surface area contributed by atoms with E-state index in [1.807, 2.05) is 0 Å². The lowest BCUT2D eigenvalue weighted by Gasteiger charge is -2.36. The number of carbonyl (C=O) groups is 1. The molecule has 3 saturated heterocycles. The Morgan fingerprint density at radius 3 is 2.13 bits per heavy atom. The van der Waals surface area contributed by atoms with Crippen LogP contribution in [-0.4, -0.2) is 54.5 Å². The first kappa shape index (κ1) is 21.3. The Balaban J connectivity index is 1.49. The van der Waals surface area contributed by atoms with Crippen molar-refractivity contribution in [3.63, 3.8) is 0 Å². The number of benzene rings is 1. The normalized spacial score (nSPS) is 34.2. The summed E-state index contributed by atoms with van der Waals surface area (Å²) in [4.78, 5) is 12.9. The average molecular weight is 433 g/mol. The molecule has 0 bridgehead atoms. The van der Waals surface area contributed by atoms with Crippen molar-refractivity contribution in [3.05, 3.63) is 24.3 Å². The number of nitrogens with one attached hydrogen (secondary N) is 1. The molecule has 3 fully saturated rings. The van der Waals surface area contributed by atoms with E-state index in [-0.39, 0.29) is 5.69 Å². The van der Waals surface area contributed by atoms with Crippen LogP contribution < -0.4 is 10.1 Å². The molecule has 0 spiro atoms. The van der Waals surface area contributed by atoms with Crippen LogP contribution in [0.25, 0.3) is 0 Å². The van der Waals surface area contributed by atoms with Crippen molar-refractivity contribution in [3.8, 4) is 5.75 Å².